The average molecular weight is 294 g/mol. The first kappa shape index (κ1) is 15.7. The largest absolute Gasteiger partial charge is 0.479 e. The first-order chi connectivity index (χ1) is 9.12. The lowest BCUT2D eigenvalue weighted by molar-refractivity contribution is -0.388. The predicted octanol–water partition coefficient (Wildman–Crippen LogP) is 1.47. The van der Waals surface area contributed by atoms with Crippen LogP contribution in [0.4, 0.5) is 24.5 Å². The van der Waals surface area contributed by atoms with E-state index in [2.05, 4.69) is 5.32 Å². The summed E-state index contributed by atoms with van der Waals surface area (Å²) in [4.78, 5) is 19.7. The van der Waals surface area contributed by atoms with E-state index in [9.17, 15) is 28.1 Å². The minimum Gasteiger partial charge on any atom is -0.479 e. The topological polar surface area (TPSA) is 113 Å². The Morgan fingerprint density at radius 1 is 1.45 bits per heavy atom. The van der Waals surface area contributed by atoms with Crippen LogP contribution in [0.2, 0.25) is 0 Å². The van der Waals surface area contributed by atoms with Crippen LogP contribution in [0.15, 0.2) is 18.2 Å². The third kappa shape index (κ3) is 3.82. The lowest BCUT2D eigenvalue weighted by Crippen LogP contribution is -2.28. The highest BCUT2D eigenvalue weighted by atomic mass is 19.4. The molecule has 0 saturated carbocycles. The quantitative estimate of drug-likeness (QED) is 0.560. The van der Waals surface area contributed by atoms with Crippen molar-refractivity contribution in [3.05, 3.63) is 33.9 Å². The zero-order valence-corrected chi connectivity index (χ0v) is 9.72. The van der Waals surface area contributed by atoms with Gasteiger partial charge in [0.15, 0.2) is 6.10 Å². The average Bonchev–Trinajstić information content (AvgIpc) is 2.34. The number of hydrogen-bond acceptors (Lipinski definition) is 5. The molecule has 1 aromatic carbocycles. The number of anilines is 1. The van der Waals surface area contributed by atoms with Gasteiger partial charge in [0.1, 0.15) is 5.56 Å². The summed E-state index contributed by atoms with van der Waals surface area (Å²) in [6, 6.07) is 2.12. The van der Waals surface area contributed by atoms with Crippen LogP contribution in [0.5, 0.6) is 0 Å². The van der Waals surface area contributed by atoms with E-state index in [0.29, 0.717) is 12.1 Å². The maximum absolute atomic E-state index is 12.6. The van der Waals surface area contributed by atoms with Crippen LogP contribution in [0, 0.1) is 10.1 Å². The number of nitro benzene ring substituents is 1. The number of halogens is 3. The number of nitrogens with one attached hydrogen (secondary N) is 1. The highest BCUT2D eigenvalue weighted by Gasteiger charge is 2.38. The van der Waals surface area contributed by atoms with Gasteiger partial charge in [-0.25, -0.2) is 4.79 Å². The summed E-state index contributed by atoms with van der Waals surface area (Å²) in [6.07, 6.45) is -6.73. The molecule has 0 heterocycles. The maximum Gasteiger partial charge on any atom is 0.423 e. The van der Waals surface area contributed by atoms with Crippen molar-refractivity contribution >= 4 is 17.3 Å². The highest BCUT2D eigenvalue weighted by Crippen LogP contribution is 2.37. The van der Waals surface area contributed by atoms with Crippen molar-refractivity contribution in [2.24, 2.45) is 0 Å². The molecule has 1 aromatic rings. The Morgan fingerprint density at radius 2 is 2.05 bits per heavy atom. The van der Waals surface area contributed by atoms with E-state index in [-0.39, 0.29) is 5.69 Å². The number of aliphatic hydroxyl groups is 1. The number of carbonyl (C=O) groups is 1. The van der Waals surface area contributed by atoms with Crippen LogP contribution in [-0.4, -0.2) is 33.8 Å². The molecular formula is C10H9F3N2O5. The van der Waals surface area contributed by atoms with Gasteiger partial charge in [0, 0.05) is 11.8 Å². The molecule has 0 bridgehead atoms. The van der Waals surface area contributed by atoms with Crippen molar-refractivity contribution in [2.75, 3.05) is 11.9 Å². The molecule has 1 atom stereocenters. The molecule has 0 spiro atoms. The van der Waals surface area contributed by atoms with Gasteiger partial charge < -0.3 is 15.5 Å². The minimum atomic E-state index is -4.93. The lowest BCUT2D eigenvalue weighted by atomic mass is 10.1. The number of aliphatic hydroxyl groups excluding tert-OH is 1. The van der Waals surface area contributed by atoms with Gasteiger partial charge in [-0.05, 0) is 12.1 Å². The highest BCUT2D eigenvalue weighted by molar-refractivity contribution is 5.72. The molecule has 0 aliphatic carbocycles. The monoisotopic (exact) mass is 294 g/mol. The lowest BCUT2D eigenvalue weighted by Gasteiger charge is -2.12. The molecule has 20 heavy (non-hydrogen) atoms. The standard InChI is InChI=1S/C10H9F3N2O5/c11-10(12,13)6-3-5(1-2-7(6)15(19)20)14-4-8(16)9(17)18/h1-3,8,14,16H,4H2,(H,17,18)/t8-/m0/s1. The number of carboxylic acid groups (broad SMARTS) is 1. The van der Waals surface area contributed by atoms with Crippen LogP contribution in [0.3, 0.4) is 0 Å². The van der Waals surface area contributed by atoms with Gasteiger partial charge >= 0.3 is 12.1 Å². The van der Waals surface area contributed by atoms with E-state index in [1.807, 2.05) is 0 Å². The van der Waals surface area contributed by atoms with Crippen molar-refractivity contribution in [1.29, 1.82) is 0 Å². The van der Waals surface area contributed by atoms with E-state index in [0.717, 1.165) is 6.07 Å². The number of carboxylic acids is 1. The van der Waals surface area contributed by atoms with E-state index < -0.39 is 41.0 Å². The fourth-order valence-electron chi connectivity index (χ4n) is 1.33. The smallest absolute Gasteiger partial charge is 0.423 e. The third-order valence-corrected chi connectivity index (χ3v) is 2.28. The second-order valence-corrected chi connectivity index (χ2v) is 3.72. The molecule has 0 unspecified atom stereocenters. The molecule has 110 valence electrons. The molecule has 7 nitrogen and oxygen atoms in total. The summed E-state index contributed by atoms with van der Waals surface area (Å²) in [6.45, 7) is -0.537. The fourth-order valence-corrected chi connectivity index (χ4v) is 1.33. The Labute approximate surface area is 109 Å². The number of nitro groups is 1. The van der Waals surface area contributed by atoms with Crippen molar-refractivity contribution in [2.45, 2.75) is 12.3 Å². The van der Waals surface area contributed by atoms with Gasteiger partial charge in [-0.2, -0.15) is 13.2 Å². The van der Waals surface area contributed by atoms with Crippen molar-refractivity contribution < 1.29 is 33.1 Å². The van der Waals surface area contributed by atoms with Crippen molar-refractivity contribution in [1.82, 2.24) is 0 Å². The normalized spacial score (nSPS) is 12.8. The van der Waals surface area contributed by atoms with Crippen LogP contribution < -0.4 is 5.32 Å². The zero-order chi connectivity index (χ0) is 15.5. The van der Waals surface area contributed by atoms with E-state index in [4.69, 9.17) is 10.2 Å². The summed E-state index contributed by atoms with van der Waals surface area (Å²) in [7, 11) is 0. The second-order valence-electron chi connectivity index (χ2n) is 3.72. The molecule has 0 aliphatic heterocycles. The second kappa shape index (κ2) is 5.74. The van der Waals surface area contributed by atoms with Crippen LogP contribution in [0.25, 0.3) is 0 Å². The van der Waals surface area contributed by atoms with Gasteiger partial charge in [-0.3, -0.25) is 10.1 Å². The molecule has 0 amide bonds. The van der Waals surface area contributed by atoms with E-state index in [1.165, 1.54) is 0 Å². The number of nitrogens with zero attached hydrogens (tertiary/aromatic N) is 1. The summed E-state index contributed by atoms with van der Waals surface area (Å²) >= 11 is 0. The molecule has 0 fully saturated rings. The minimum absolute atomic E-state index is 0.191. The molecule has 0 radical (unpaired) electrons. The summed E-state index contributed by atoms with van der Waals surface area (Å²) in [5.74, 6) is -1.55. The SMILES string of the molecule is O=C(O)[C@@H](O)CNc1ccc([N+](=O)[O-])c(C(F)(F)F)c1. The Morgan fingerprint density at radius 3 is 2.50 bits per heavy atom. The van der Waals surface area contributed by atoms with E-state index >= 15 is 0 Å². The van der Waals surface area contributed by atoms with Crippen LogP contribution in [-0.2, 0) is 11.0 Å². The van der Waals surface area contributed by atoms with Crippen LogP contribution in [0.1, 0.15) is 5.56 Å². The molecule has 1 rings (SSSR count). The van der Waals surface area contributed by atoms with Gasteiger partial charge in [0.2, 0.25) is 0 Å². The number of hydrogen-bond donors (Lipinski definition) is 3. The Bertz CT molecular complexity index is 532. The molecular weight excluding hydrogens is 285 g/mol. The number of alkyl halides is 3. The first-order valence-electron chi connectivity index (χ1n) is 5.13. The summed E-state index contributed by atoms with van der Waals surface area (Å²) in [5.41, 5.74) is -2.76. The number of rotatable bonds is 5. The Hall–Kier alpha value is -2.36. The molecule has 0 saturated heterocycles. The third-order valence-electron chi connectivity index (χ3n) is 2.28. The van der Waals surface area contributed by atoms with Gasteiger partial charge in [-0.15, -0.1) is 0 Å². The fraction of sp³-hybridized carbons (Fsp3) is 0.300. The van der Waals surface area contributed by atoms with Gasteiger partial charge in [0.05, 0.1) is 11.5 Å². The molecule has 0 aliphatic rings. The van der Waals surface area contributed by atoms with Gasteiger partial charge in [-0.1, -0.05) is 0 Å². The summed E-state index contributed by atoms with van der Waals surface area (Å²) in [5, 5.41) is 30.1. The molecule has 3 N–H and O–H groups in total. The Balaban J connectivity index is 3.02. The van der Waals surface area contributed by atoms with Crippen molar-refractivity contribution in [3.8, 4) is 0 Å². The maximum atomic E-state index is 12.6. The number of aliphatic carboxylic acids is 1. The van der Waals surface area contributed by atoms with E-state index in [1.54, 1.807) is 0 Å². The molecule has 0 aromatic heterocycles. The predicted molar refractivity (Wildman–Crippen MR) is 60.2 cm³/mol. The molecule has 10 heteroatoms. The zero-order valence-electron chi connectivity index (χ0n) is 9.72. The van der Waals surface area contributed by atoms with Crippen LogP contribution >= 0.6 is 0 Å². The first-order valence-corrected chi connectivity index (χ1v) is 5.13. The number of benzene rings is 1. The summed E-state index contributed by atoms with van der Waals surface area (Å²) < 4.78 is 37.9. The Kier molecular flexibility index (Phi) is 4.50. The van der Waals surface area contributed by atoms with Gasteiger partial charge in [0.25, 0.3) is 5.69 Å². The van der Waals surface area contributed by atoms with Crippen molar-refractivity contribution in [3.63, 3.8) is 0 Å².